The van der Waals surface area contributed by atoms with Gasteiger partial charge in [0.1, 0.15) is 5.69 Å². The highest BCUT2D eigenvalue weighted by atomic mass is 16.5. The van der Waals surface area contributed by atoms with Gasteiger partial charge < -0.3 is 14.2 Å². The normalized spacial score (nSPS) is 24.9. The third-order valence-electron chi connectivity index (χ3n) is 5.57. The zero-order chi connectivity index (χ0) is 17.2. The lowest BCUT2D eigenvalue weighted by molar-refractivity contribution is -0.129. The quantitative estimate of drug-likeness (QED) is 0.849. The van der Waals surface area contributed by atoms with Gasteiger partial charge in [-0.05, 0) is 18.1 Å². The second-order valence-corrected chi connectivity index (χ2v) is 6.98. The second-order valence-electron chi connectivity index (χ2n) is 6.98. The number of carbonyl (C=O) groups excluding carboxylic acids is 1. The molecule has 25 heavy (non-hydrogen) atoms. The lowest BCUT2D eigenvalue weighted by Gasteiger charge is -2.34. The van der Waals surface area contributed by atoms with Crippen molar-refractivity contribution in [3.8, 4) is 0 Å². The first kappa shape index (κ1) is 16.5. The van der Waals surface area contributed by atoms with Crippen LogP contribution >= 0.6 is 0 Å². The zero-order valence-electron chi connectivity index (χ0n) is 14.7. The minimum atomic E-state index is 0.147. The van der Waals surface area contributed by atoms with Crippen LogP contribution in [0.4, 0.5) is 0 Å². The molecule has 2 aliphatic heterocycles. The molecule has 0 N–H and O–H groups in total. The van der Waals surface area contributed by atoms with Crippen LogP contribution in [0.5, 0.6) is 0 Å². The summed E-state index contributed by atoms with van der Waals surface area (Å²) in [6.45, 7) is 7.41. The van der Waals surface area contributed by atoms with Crippen molar-refractivity contribution in [2.75, 3.05) is 39.4 Å². The molecule has 2 atom stereocenters. The van der Waals surface area contributed by atoms with E-state index in [0.29, 0.717) is 18.4 Å². The van der Waals surface area contributed by atoms with Crippen molar-refractivity contribution in [3.63, 3.8) is 0 Å². The Balaban J connectivity index is 1.45. The van der Waals surface area contributed by atoms with Gasteiger partial charge >= 0.3 is 0 Å². The zero-order valence-corrected chi connectivity index (χ0v) is 14.7. The fourth-order valence-electron chi connectivity index (χ4n) is 4.10. The van der Waals surface area contributed by atoms with Crippen molar-refractivity contribution in [1.29, 1.82) is 0 Å². The van der Waals surface area contributed by atoms with Crippen LogP contribution in [0, 0.1) is 5.92 Å². The summed E-state index contributed by atoms with van der Waals surface area (Å²) in [5.41, 5.74) is 1.48. The number of morpholine rings is 1. The van der Waals surface area contributed by atoms with Gasteiger partial charge in [-0.1, -0.05) is 30.6 Å². The molecule has 1 aromatic heterocycles. The second kappa shape index (κ2) is 7.14. The maximum atomic E-state index is 12.8. The van der Waals surface area contributed by atoms with Crippen molar-refractivity contribution >= 4 is 16.9 Å². The highest BCUT2D eigenvalue weighted by Gasteiger charge is 2.38. The van der Waals surface area contributed by atoms with E-state index in [2.05, 4.69) is 17.0 Å². The summed E-state index contributed by atoms with van der Waals surface area (Å²) in [5, 5.41) is 5.04. The van der Waals surface area contributed by atoms with Crippen LogP contribution in [0.3, 0.4) is 0 Å². The van der Waals surface area contributed by atoms with E-state index < -0.39 is 0 Å². The third-order valence-corrected chi connectivity index (χ3v) is 5.57. The lowest BCUT2D eigenvalue weighted by atomic mass is 9.99. The molecular weight excluding hydrogens is 318 g/mol. The van der Waals surface area contributed by atoms with E-state index in [1.807, 2.05) is 29.2 Å². The van der Waals surface area contributed by atoms with Crippen molar-refractivity contribution in [1.82, 2.24) is 15.0 Å². The summed E-state index contributed by atoms with van der Waals surface area (Å²) in [4.78, 5) is 17.4. The Morgan fingerprint density at radius 1 is 1.24 bits per heavy atom. The summed E-state index contributed by atoms with van der Waals surface area (Å²) < 4.78 is 10.8. The molecule has 0 saturated carbocycles. The Labute approximate surface area is 147 Å². The van der Waals surface area contributed by atoms with Gasteiger partial charge in [0.15, 0.2) is 5.58 Å². The predicted octanol–water partition coefficient (Wildman–Crippen LogP) is 1.94. The van der Waals surface area contributed by atoms with Gasteiger partial charge in [0.2, 0.25) is 5.91 Å². The largest absolute Gasteiger partial charge is 0.379 e. The van der Waals surface area contributed by atoms with Crippen LogP contribution in [0.25, 0.3) is 11.0 Å². The number of ether oxygens (including phenoxy) is 1. The van der Waals surface area contributed by atoms with Crippen LogP contribution < -0.4 is 0 Å². The first-order valence-corrected chi connectivity index (χ1v) is 9.19. The van der Waals surface area contributed by atoms with Crippen molar-refractivity contribution < 1.29 is 14.1 Å². The van der Waals surface area contributed by atoms with Gasteiger partial charge in [-0.25, -0.2) is 0 Å². The van der Waals surface area contributed by atoms with Crippen LogP contribution in [0.15, 0.2) is 28.8 Å². The third kappa shape index (κ3) is 3.28. The standard InChI is InChI=1S/C19H25N3O3/c1-2-14-12-22(13-17(14)21-7-9-24-10-8-21)19(23)11-16-15-5-3-4-6-18(15)25-20-16/h3-6,14,17H,2,7-13H2,1H3/t14-,17-/m0/s1. The number of para-hydroxylation sites is 1. The topological polar surface area (TPSA) is 58.8 Å². The molecule has 1 aromatic carbocycles. The Hall–Kier alpha value is -1.92. The molecule has 6 heteroatoms. The van der Waals surface area contributed by atoms with Crippen molar-refractivity contribution in [2.24, 2.45) is 5.92 Å². The van der Waals surface area contributed by atoms with Gasteiger partial charge in [0.25, 0.3) is 0 Å². The van der Waals surface area contributed by atoms with Crippen LogP contribution in [0.2, 0.25) is 0 Å². The molecule has 2 aromatic rings. The van der Waals surface area contributed by atoms with E-state index in [1.165, 1.54) is 0 Å². The molecule has 2 aliphatic rings. The average Bonchev–Trinajstić information content (AvgIpc) is 3.27. The molecule has 0 spiro atoms. The summed E-state index contributed by atoms with van der Waals surface area (Å²) in [6.07, 6.45) is 1.40. The maximum absolute atomic E-state index is 12.8. The molecule has 2 fully saturated rings. The number of likely N-dealkylation sites (tertiary alicyclic amines) is 1. The summed E-state index contributed by atoms with van der Waals surface area (Å²) in [7, 11) is 0. The number of rotatable bonds is 4. The van der Waals surface area contributed by atoms with Crippen LogP contribution in [0.1, 0.15) is 19.0 Å². The maximum Gasteiger partial charge on any atom is 0.228 e. The van der Waals surface area contributed by atoms with E-state index in [9.17, 15) is 4.79 Å². The molecule has 0 bridgehead atoms. The van der Waals surface area contributed by atoms with Gasteiger partial charge in [0, 0.05) is 37.6 Å². The fraction of sp³-hybridized carbons (Fsp3) is 0.579. The van der Waals surface area contributed by atoms with E-state index in [4.69, 9.17) is 9.26 Å². The number of fused-ring (bicyclic) bond motifs is 1. The monoisotopic (exact) mass is 343 g/mol. The molecule has 1 amide bonds. The number of amides is 1. The molecule has 4 rings (SSSR count). The number of hydrogen-bond donors (Lipinski definition) is 0. The first-order valence-electron chi connectivity index (χ1n) is 9.19. The minimum Gasteiger partial charge on any atom is -0.379 e. The van der Waals surface area contributed by atoms with Crippen molar-refractivity contribution in [3.05, 3.63) is 30.0 Å². The Bertz CT molecular complexity index is 738. The number of hydrogen-bond acceptors (Lipinski definition) is 5. The molecule has 6 nitrogen and oxygen atoms in total. The molecule has 0 aliphatic carbocycles. The van der Waals surface area contributed by atoms with E-state index in [0.717, 1.165) is 62.5 Å². The molecular formula is C19H25N3O3. The minimum absolute atomic E-state index is 0.147. The number of aromatic nitrogens is 1. The van der Waals surface area contributed by atoms with Gasteiger partial charge in [-0.15, -0.1) is 0 Å². The molecule has 134 valence electrons. The van der Waals surface area contributed by atoms with Gasteiger partial charge in [0.05, 0.1) is 19.6 Å². The van der Waals surface area contributed by atoms with E-state index in [1.54, 1.807) is 0 Å². The van der Waals surface area contributed by atoms with Gasteiger partial charge in [-0.3, -0.25) is 9.69 Å². The highest BCUT2D eigenvalue weighted by molar-refractivity contribution is 5.86. The van der Waals surface area contributed by atoms with Crippen LogP contribution in [-0.4, -0.2) is 66.3 Å². The van der Waals surface area contributed by atoms with Crippen LogP contribution in [-0.2, 0) is 16.0 Å². The Morgan fingerprint density at radius 3 is 2.84 bits per heavy atom. The highest BCUT2D eigenvalue weighted by Crippen LogP contribution is 2.27. The van der Waals surface area contributed by atoms with Crippen molar-refractivity contribution in [2.45, 2.75) is 25.8 Å². The lowest BCUT2D eigenvalue weighted by Crippen LogP contribution is -2.47. The summed E-state index contributed by atoms with van der Waals surface area (Å²) >= 11 is 0. The number of nitrogens with zero attached hydrogens (tertiary/aromatic N) is 3. The molecule has 0 unspecified atom stereocenters. The number of carbonyl (C=O) groups is 1. The van der Waals surface area contributed by atoms with E-state index in [-0.39, 0.29) is 5.91 Å². The molecule has 2 saturated heterocycles. The fourth-order valence-corrected chi connectivity index (χ4v) is 4.10. The van der Waals surface area contributed by atoms with Gasteiger partial charge in [-0.2, -0.15) is 0 Å². The Kier molecular flexibility index (Phi) is 4.72. The predicted molar refractivity (Wildman–Crippen MR) is 94.3 cm³/mol. The average molecular weight is 343 g/mol. The summed E-state index contributed by atoms with van der Waals surface area (Å²) in [6, 6.07) is 8.16. The summed E-state index contributed by atoms with van der Waals surface area (Å²) in [5.74, 6) is 0.685. The molecule has 3 heterocycles. The molecule has 0 radical (unpaired) electrons. The van der Waals surface area contributed by atoms with E-state index >= 15 is 0 Å². The number of benzene rings is 1. The smallest absolute Gasteiger partial charge is 0.228 e. The Morgan fingerprint density at radius 2 is 2.04 bits per heavy atom. The SMILES string of the molecule is CC[C@H]1CN(C(=O)Cc2noc3ccccc23)C[C@@H]1N1CCOCC1. The first-order chi connectivity index (χ1) is 12.3.